The van der Waals surface area contributed by atoms with Gasteiger partial charge >= 0.3 is 11.8 Å². The molecule has 0 aromatic heterocycles. The van der Waals surface area contributed by atoms with Crippen LogP contribution in [0.15, 0.2) is 39.9 Å². The molecular weight excluding hydrogens is 449 g/mol. The van der Waals surface area contributed by atoms with E-state index in [1.807, 2.05) is 0 Å². The van der Waals surface area contributed by atoms with E-state index in [0.29, 0.717) is 20.7 Å². The van der Waals surface area contributed by atoms with Gasteiger partial charge in [-0.2, -0.15) is 5.10 Å². The summed E-state index contributed by atoms with van der Waals surface area (Å²) in [7, 11) is 1.40. The lowest BCUT2D eigenvalue weighted by Crippen LogP contribution is -2.32. The maximum Gasteiger partial charge on any atom is 0.329 e. The molecule has 0 spiro atoms. The summed E-state index contributed by atoms with van der Waals surface area (Å²) >= 11 is 14.8. The third kappa shape index (κ3) is 5.10. The van der Waals surface area contributed by atoms with Gasteiger partial charge < -0.3 is 15.2 Å². The van der Waals surface area contributed by atoms with Crippen molar-refractivity contribution in [2.45, 2.75) is 0 Å². The molecule has 0 radical (unpaired) electrons. The number of hydrogen-bond acceptors (Lipinski definition) is 5. The number of anilines is 1. The number of ether oxygens (including phenoxy) is 1. The topological polar surface area (TPSA) is 100 Å². The molecule has 2 aromatic rings. The maximum atomic E-state index is 11.8. The molecule has 0 saturated heterocycles. The molecule has 0 unspecified atom stereocenters. The highest BCUT2D eigenvalue weighted by atomic mass is 79.9. The Morgan fingerprint density at radius 2 is 1.92 bits per heavy atom. The smallest absolute Gasteiger partial charge is 0.329 e. The van der Waals surface area contributed by atoms with Crippen LogP contribution >= 0.6 is 39.1 Å². The average molecular weight is 461 g/mol. The second kappa shape index (κ2) is 8.88. The predicted octanol–water partition coefficient (Wildman–Crippen LogP) is 3.56. The number of benzene rings is 2. The summed E-state index contributed by atoms with van der Waals surface area (Å²) in [5, 5.41) is 16.4. The van der Waals surface area contributed by atoms with Gasteiger partial charge in [0.1, 0.15) is 0 Å². The van der Waals surface area contributed by atoms with Crippen LogP contribution in [0.4, 0.5) is 5.69 Å². The molecule has 26 heavy (non-hydrogen) atoms. The molecule has 0 heterocycles. The van der Waals surface area contributed by atoms with Gasteiger partial charge in [0.25, 0.3) is 0 Å². The van der Waals surface area contributed by atoms with Gasteiger partial charge in [0, 0.05) is 5.69 Å². The molecule has 136 valence electrons. The van der Waals surface area contributed by atoms with Crippen LogP contribution in [0.25, 0.3) is 0 Å². The Hall–Kier alpha value is -2.29. The molecule has 0 aliphatic heterocycles. The molecule has 0 atom stereocenters. The van der Waals surface area contributed by atoms with Gasteiger partial charge in [-0.3, -0.25) is 9.59 Å². The minimum Gasteiger partial charge on any atom is -0.503 e. The fourth-order valence-electron chi connectivity index (χ4n) is 1.80. The zero-order valence-electron chi connectivity index (χ0n) is 13.2. The van der Waals surface area contributed by atoms with Crippen LogP contribution in [0.5, 0.6) is 11.5 Å². The molecule has 2 aromatic carbocycles. The van der Waals surface area contributed by atoms with Crippen molar-refractivity contribution in [2.75, 3.05) is 12.4 Å². The van der Waals surface area contributed by atoms with E-state index in [4.69, 9.17) is 27.9 Å². The van der Waals surface area contributed by atoms with Crippen LogP contribution in [0.3, 0.4) is 0 Å². The normalized spacial score (nSPS) is 10.6. The molecule has 0 fully saturated rings. The van der Waals surface area contributed by atoms with Crippen LogP contribution < -0.4 is 15.5 Å². The van der Waals surface area contributed by atoms with Gasteiger partial charge in [-0.15, -0.1) is 0 Å². The fraction of sp³-hybridized carbons (Fsp3) is 0.0625. The Balaban J connectivity index is 1.99. The third-order valence-corrected chi connectivity index (χ3v) is 4.38. The van der Waals surface area contributed by atoms with E-state index < -0.39 is 11.8 Å². The van der Waals surface area contributed by atoms with Gasteiger partial charge in [-0.1, -0.05) is 23.2 Å². The summed E-state index contributed by atoms with van der Waals surface area (Å²) in [6.07, 6.45) is 1.29. The first-order valence-electron chi connectivity index (χ1n) is 6.97. The summed E-state index contributed by atoms with van der Waals surface area (Å²) in [6.45, 7) is 0. The average Bonchev–Trinajstić information content (AvgIpc) is 2.60. The Morgan fingerprint density at radius 1 is 1.19 bits per heavy atom. The SMILES string of the molecule is COc1cc(/C=N/NC(=O)C(=O)Nc2ccc(Cl)c(Cl)c2)cc(Br)c1O. The highest BCUT2D eigenvalue weighted by molar-refractivity contribution is 9.10. The number of phenols is 1. The molecule has 3 N–H and O–H groups in total. The monoisotopic (exact) mass is 459 g/mol. The lowest BCUT2D eigenvalue weighted by Gasteiger charge is -2.06. The molecule has 0 bridgehead atoms. The number of hydrogen-bond donors (Lipinski definition) is 3. The van der Waals surface area contributed by atoms with Crippen LogP contribution in [0.1, 0.15) is 5.56 Å². The lowest BCUT2D eigenvalue weighted by molar-refractivity contribution is -0.136. The fourth-order valence-corrected chi connectivity index (χ4v) is 2.56. The molecule has 2 amide bonds. The predicted molar refractivity (Wildman–Crippen MR) is 103 cm³/mol. The van der Waals surface area contributed by atoms with Crippen LogP contribution in [-0.4, -0.2) is 30.2 Å². The number of phenolic OH excluding ortho intramolecular Hbond substituents is 1. The van der Waals surface area contributed by atoms with Gasteiger partial charge in [0.2, 0.25) is 0 Å². The zero-order chi connectivity index (χ0) is 19.3. The molecule has 7 nitrogen and oxygen atoms in total. The number of halogens is 3. The minimum atomic E-state index is -0.975. The van der Waals surface area contributed by atoms with Crippen LogP contribution in [-0.2, 0) is 9.59 Å². The standard InChI is InChI=1S/C16H12BrCl2N3O4/c1-26-13-5-8(4-10(17)14(13)23)7-20-22-16(25)15(24)21-9-2-3-11(18)12(19)6-9/h2-7,23H,1H3,(H,21,24)(H,22,25)/b20-7+. The molecule has 2 rings (SSSR count). The third-order valence-electron chi connectivity index (χ3n) is 3.03. The number of nitrogens with one attached hydrogen (secondary N) is 2. The van der Waals surface area contributed by atoms with E-state index in [1.165, 1.54) is 37.6 Å². The van der Waals surface area contributed by atoms with Gasteiger partial charge in [-0.25, -0.2) is 5.43 Å². The van der Waals surface area contributed by atoms with Gasteiger partial charge in [0.05, 0.1) is 27.8 Å². The number of aromatic hydroxyl groups is 1. The van der Waals surface area contributed by atoms with Gasteiger partial charge in [-0.05, 0) is 51.8 Å². The Bertz CT molecular complexity index is 890. The van der Waals surface area contributed by atoms with Crippen molar-refractivity contribution in [1.29, 1.82) is 0 Å². The first-order valence-corrected chi connectivity index (χ1v) is 8.52. The summed E-state index contributed by atoms with van der Waals surface area (Å²) in [5.74, 6) is -1.73. The van der Waals surface area contributed by atoms with Crippen molar-refractivity contribution in [3.05, 3.63) is 50.4 Å². The molecule has 10 heteroatoms. The minimum absolute atomic E-state index is 0.0605. The second-order valence-corrected chi connectivity index (χ2v) is 6.50. The lowest BCUT2D eigenvalue weighted by atomic mass is 10.2. The van der Waals surface area contributed by atoms with Gasteiger partial charge in [0.15, 0.2) is 11.5 Å². The Kier molecular flexibility index (Phi) is 6.84. The first-order chi connectivity index (χ1) is 12.3. The maximum absolute atomic E-state index is 11.8. The van der Waals surface area contributed by atoms with E-state index in [-0.39, 0.29) is 16.5 Å². The molecule has 0 saturated carbocycles. The van der Waals surface area contributed by atoms with Crippen LogP contribution in [0, 0.1) is 0 Å². The summed E-state index contributed by atoms with van der Waals surface area (Å²) < 4.78 is 5.39. The number of rotatable bonds is 4. The van der Waals surface area contributed by atoms with Crippen molar-refractivity contribution in [3.63, 3.8) is 0 Å². The van der Waals surface area contributed by atoms with Crippen molar-refractivity contribution < 1.29 is 19.4 Å². The highest BCUT2D eigenvalue weighted by Crippen LogP contribution is 2.34. The summed E-state index contributed by atoms with van der Waals surface area (Å²) in [4.78, 5) is 23.6. The van der Waals surface area contributed by atoms with Crippen molar-refractivity contribution in [1.82, 2.24) is 5.43 Å². The molecule has 0 aliphatic rings. The Morgan fingerprint density at radius 3 is 2.58 bits per heavy atom. The number of carbonyl (C=O) groups excluding carboxylic acids is 2. The summed E-state index contributed by atoms with van der Waals surface area (Å²) in [6, 6.07) is 7.47. The number of hydrazone groups is 1. The highest BCUT2D eigenvalue weighted by Gasteiger charge is 2.13. The molecular formula is C16H12BrCl2N3O4. The Labute approximate surface area is 167 Å². The largest absolute Gasteiger partial charge is 0.503 e. The number of methoxy groups -OCH3 is 1. The first kappa shape index (κ1) is 20.0. The number of amides is 2. The zero-order valence-corrected chi connectivity index (χ0v) is 16.3. The van der Waals surface area contributed by atoms with E-state index >= 15 is 0 Å². The van der Waals surface area contributed by atoms with Crippen molar-refractivity contribution >= 4 is 62.8 Å². The molecule has 0 aliphatic carbocycles. The van der Waals surface area contributed by atoms with Crippen molar-refractivity contribution in [2.24, 2.45) is 5.10 Å². The second-order valence-electron chi connectivity index (χ2n) is 4.84. The van der Waals surface area contributed by atoms with Crippen molar-refractivity contribution in [3.8, 4) is 11.5 Å². The number of nitrogens with zero attached hydrogens (tertiary/aromatic N) is 1. The van der Waals surface area contributed by atoms with E-state index in [0.717, 1.165) is 0 Å². The van der Waals surface area contributed by atoms with E-state index in [2.05, 4.69) is 31.8 Å². The van der Waals surface area contributed by atoms with Crippen LogP contribution in [0.2, 0.25) is 10.0 Å². The van der Waals surface area contributed by atoms with E-state index in [9.17, 15) is 14.7 Å². The summed E-state index contributed by atoms with van der Waals surface area (Å²) in [5.41, 5.74) is 2.93. The van der Waals surface area contributed by atoms with E-state index in [1.54, 1.807) is 6.07 Å². The number of carbonyl (C=O) groups is 2. The quantitative estimate of drug-likeness (QED) is 0.369.